The highest BCUT2D eigenvalue weighted by atomic mass is 19.1. The van der Waals surface area contributed by atoms with E-state index < -0.39 is 5.97 Å². The number of ether oxygens (including phenoxy) is 1. The van der Waals surface area contributed by atoms with Gasteiger partial charge in [-0.15, -0.1) is 0 Å². The van der Waals surface area contributed by atoms with Crippen LogP contribution in [0.3, 0.4) is 0 Å². The van der Waals surface area contributed by atoms with Gasteiger partial charge in [-0.3, -0.25) is 4.79 Å². The average Bonchev–Trinajstić information content (AvgIpc) is 3.15. The van der Waals surface area contributed by atoms with Gasteiger partial charge in [0.15, 0.2) is 5.69 Å². The summed E-state index contributed by atoms with van der Waals surface area (Å²) in [5.74, 6) is -0.925. The minimum atomic E-state index is -0.565. The first-order valence-corrected chi connectivity index (χ1v) is 11.8. The van der Waals surface area contributed by atoms with Crippen LogP contribution in [0.2, 0.25) is 0 Å². The second-order valence-corrected chi connectivity index (χ2v) is 8.97. The van der Waals surface area contributed by atoms with Gasteiger partial charge < -0.3 is 19.9 Å². The molecule has 0 saturated heterocycles. The molecule has 0 saturated carbocycles. The van der Waals surface area contributed by atoms with Crippen LogP contribution in [0.4, 0.5) is 15.8 Å². The number of nitrogens with zero attached hydrogens (tertiary/aromatic N) is 2. The van der Waals surface area contributed by atoms with Crippen LogP contribution in [-0.2, 0) is 29.0 Å². The smallest absolute Gasteiger partial charge is 0.356 e. The van der Waals surface area contributed by atoms with Crippen molar-refractivity contribution in [2.24, 2.45) is 5.92 Å². The maximum absolute atomic E-state index is 14.1. The molecule has 2 aromatic heterocycles. The van der Waals surface area contributed by atoms with E-state index in [4.69, 9.17) is 4.74 Å². The van der Waals surface area contributed by atoms with Gasteiger partial charge in [-0.05, 0) is 23.6 Å². The lowest BCUT2D eigenvalue weighted by Crippen LogP contribution is -2.19. The van der Waals surface area contributed by atoms with E-state index in [0.29, 0.717) is 34.5 Å². The molecule has 4 aromatic rings. The normalized spacial score (nSPS) is 11.0. The average molecular weight is 489 g/mol. The Morgan fingerprint density at radius 1 is 1.08 bits per heavy atom. The largest absolute Gasteiger partial charge is 0.464 e. The predicted octanol–water partition coefficient (Wildman–Crippen LogP) is 5.41. The first kappa shape index (κ1) is 24.9. The van der Waals surface area contributed by atoms with Gasteiger partial charge in [0, 0.05) is 24.0 Å². The summed E-state index contributed by atoms with van der Waals surface area (Å²) in [6, 6.07) is 17.7. The van der Waals surface area contributed by atoms with E-state index in [1.807, 2.05) is 50.2 Å². The van der Waals surface area contributed by atoms with E-state index in [9.17, 15) is 14.0 Å². The summed E-state index contributed by atoms with van der Waals surface area (Å²) in [4.78, 5) is 30.5. The third-order valence-corrected chi connectivity index (χ3v) is 5.74. The number of nitrogens with one attached hydrogen (secondary N) is 2. The number of fused-ring (bicyclic) bond motifs is 1. The molecule has 0 spiro atoms. The van der Waals surface area contributed by atoms with Gasteiger partial charge in [0.25, 0.3) is 0 Å². The van der Waals surface area contributed by atoms with E-state index in [1.165, 1.54) is 13.2 Å². The summed E-state index contributed by atoms with van der Waals surface area (Å²) in [6.45, 7) is 4.83. The minimum Gasteiger partial charge on any atom is -0.464 e. The van der Waals surface area contributed by atoms with Crippen molar-refractivity contribution >= 4 is 34.3 Å². The van der Waals surface area contributed by atoms with Gasteiger partial charge in [0.2, 0.25) is 5.91 Å². The van der Waals surface area contributed by atoms with Crippen LogP contribution in [0.1, 0.15) is 35.5 Å². The van der Waals surface area contributed by atoms with E-state index in [2.05, 4.69) is 15.6 Å². The number of halogens is 1. The highest BCUT2D eigenvalue weighted by molar-refractivity contribution is 6.11. The number of amides is 1. The quantitative estimate of drug-likeness (QED) is 0.308. The highest BCUT2D eigenvalue weighted by Gasteiger charge is 2.26. The van der Waals surface area contributed by atoms with Gasteiger partial charge in [-0.2, -0.15) is 0 Å². The zero-order chi connectivity index (χ0) is 25.7. The molecule has 2 N–H and O–H groups in total. The maximum Gasteiger partial charge on any atom is 0.356 e. The fourth-order valence-electron chi connectivity index (χ4n) is 4.10. The number of hydrogen-bond acceptors (Lipinski definition) is 5. The lowest BCUT2D eigenvalue weighted by molar-refractivity contribution is -0.115. The number of aromatic nitrogens is 2. The fourth-order valence-corrected chi connectivity index (χ4v) is 4.10. The van der Waals surface area contributed by atoms with Crippen molar-refractivity contribution in [2.75, 3.05) is 17.7 Å². The molecule has 0 unspecified atom stereocenters. The number of pyridine rings is 1. The van der Waals surface area contributed by atoms with E-state index in [0.717, 1.165) is 5.56 Å². The zero-order valence-electron chi connectivity index (χ0n) is 20.5. The number of methoxy groups -OCH3 is 1. The summed E-state index contributed by atoms with van der Waals surface area (Å²) in [5.41, 5.74) is 3.13. The highest BCUT2D eigenvalue weighted by Crippen LogP contribution is 2.33. The van der Waals surface area contributed by atoms with E-state index >= 15 is 0 Å². The van der Waals surface area contributed by atoms with Crippen LogP contribution in [0, 0.1) is 11.7 Å². The summed E-state index contributed by atoms with van der Waals surface area (Å²) in [7, 11) is 1.31. The molecule has 0 aliphatic carbocycles. The van der Waals surface area contributed by atoms with Crippen LogP contribution >= 0.6 is 0 Å². The predicted molar refractivity (Wildman–Crippen MR) is 138 cm³/mol. The third-order valence-electron chi connectivity index (χ3n) is 5.74. The zero-order valence-corrected chi connectivity index (χ0v) is 20.5. The Balaban J connectivity index is 1.75. The van der Waals surface area contributed by atoms with Gasteiger partial charge in [0.05, 0.1) is 31.1 Å². The lowest BCUT2D eigenvalue weighted by atomic mass is 10.1. The molecule has 36 heavy (non-hydrogen) atoms. The van der Waals surface area contributed by atoms with Crippen LogP contribution < -0.4 is 10.6 Å². The van der Waals surface area contributed by atoms with Crippen molar-refractivity contribution in [1.29, 1.82) is 0 Å². The fraction of sp³-hybridized carbons (Fsp3) is 0.250. The van der Waals surface area contributed by atoms with Crippen molar-refractivity contribution < 1.29 is 18.7 Å². The van der Waals surface area contributed by atoms with Crippen molar-refractivity contribution in [3.05, 3.63) is 89.5 Å². The molecule has 2 heterocycles. The molecule has 186 valence electrons. The number of carbonyl (C=O) groups is 2. The number of rotatable bonds is 9. The van der Waals surface area contributed by atoms with Crippen LogP contribution in [0.5, 0.6) is 0 Å². The Bertz CT molecular complexity index is 1380. The van der Waals surface area contributed by atoms with Crippen molar-refractivity contribution in [3.63, 3.8) is 0 Å². The molecule has 0 aliphatic heterocycles. The molecule has 0 atom stereocenters. The molecule has 8 heteroatoms. The second-order valence-electron chi connectivity index (χ2n) is 8.97. The summed E-state index contributed by atoms with van der Waals surface area (Å²) >= 11 is 0. The topological polar surface area (TPSA) is 85.2 Å². The third kappa shape index (κ3) is 5.54. The van der Waals surface area contributed by atoms with Gasteiger partial charge in [-0.1, -0.05) is 62.4 Å². The standard InChI is InChI=1S/C28H29FN4O3/c1-18(2)17-33-26(28(35)36-3)25(32-24(34)13-19-9-5-4-6-10-19)22-14-21(16-31-27(22)33)30-15-20-11-7-8-12-23(20)29/h4-12,14,16,18,30H,13,15,17H2,1-3H3,(H,32,34). The number of carbonyl (C=O) groups excluding carboxylic acids is 2. The number of anilines is 2. The van der Waals surface area contributed by atoms with Crippen LogP contribution in [0.15, 0.2) is 66.9 Å². The number of esters is 1. The molecule has 4 rings (SSSR count). The summed E-state index contributed by atoms with van der Waals surface area (Å²) < 4.78 is 20.9. The number of hydrogen-bond donors (Lipinski definition) is 2. The maximum atomic E-state index is 14.1. The molecule has 1 amide bonds. The second kappa shape index (κ2) is 11.0. The first-order chi connectivity index (χ1) is 17.4. The van der Waals surface area contributed by atoms with E-state index in [1.54, 1.807) is 29.0 Å². The molecule has 7 nitrogen and oxygen atoms in total. The Morgan fingerprint density at radius 3 is 2.50 bits per heavy atom. The molecule has 0 fully saturated rings. The van der Waals surface area contributed by atoms with E-state index in [-0.39, 0.29) is 36.3 Å². The van der Waals surface area contributed by atoms with Crippen LogP contribution in [-0.4, -0.2) is 28.5 Å². The molecule has 0 aliphatic rings. The van der Waals surface area contributed by atoms with Crippen molar-refractivity contribution in [2.45, 2.75) is 33.4 Å². The molecule has 0 bridgehead atoms. The summed E-state index contributed by atoms with van der Waals surface area (Å²) in [6.07, 6.45) is 1.79. The molecule has 0 radical (unpaired) electrons. The van der Waals surface area contributed by atoms with Crippen molar-refractivity contribution in [1.82, 2.24) is 9.55 Å². The molecule has 2 aromatic carbocycles. The van der Waals surface area contributed by atoms with Crippen molar-refractivity contribution in [3.8, 4) is 0 Å². The monoisotopic (exact) mass is 488 g/mol. The lowest BCUT2D eigenvalue weighted by Gasteiger charge is -2.12. The summed E-state index contributed by atoms with van der Waals surface area (Å²) in [5, 5.41) is 6.71. The molecular weight excluding hydrogens is 459 g/mol. The Kier molecular flexibility index (Phi) is 7.63. The van der Waals surface area contributed by atoms with Crippen LogP contribution in [0.25, 0.3) is 11.0 Å². The minimum absolute atomic E-state index is 0.150. The first-order valence-electron chi connectivity index (χ1n) is 11.8. The number of benzene rings is 2. The van der Waals surface area contributed by atoms with Gasteiger partial charge >= 0.3 is 5.97 Å². The Labute approximate surface area is 209 Å². The SMILES string of the molecule is COC(=O)c1c(NC(=O)Cc2ccccc2)c2cc(NCc3ccccc3F)cnc2n1CC(C)C. The van der Waals surface area contributed by atoms with Gasteiger partial charge in [0.1, 0.15) is 11.5 Å². The van der Waals surface area contributed by atoms with Gasteiger partial charge in [-0.25, -0.2) is 14.2 Å². The Morgan fingerprint density at radius 2 is 1.81 bits per heavy atom. The Hall–Kier alpha value is -4.20. The molecular formula is C28H29FN4O3.